The summed E-state index contributed by atoms with van der Waals surface area (Å²) >= 11 is 0. The first-order chi connectivity index (χ1) is 7.36. The summed E-state index contributed by atoms with van der Waals surface area (Å²) in [5.74, 6) is 0. The highest BCUT2D eigenvalue weighted by Gasteiger charge is 2.22. The van der Waals surface area contributed by atoms with Crippen molar-refractivity contribution in [2.24, 2.45) is 0 Å². The molecule has 0 fully saturated rings. The largest absolute Gasteiger partial charge is 0.380 e. The van der Waals surface area contributed by atoms with Gasteiger partial charge in [0.15, 0.2) is 0 Å². The van der Waals surface area contributed by atoms with Crippen LogP contribution in [0.2, 0.25) is 0 Å². The van der Waals surface area contributed by atoms with Crippen molar-refractivity contribution < 1.29 is 0 Å². The number of aryl methyl sites for hydroxylation is 1. The Balaban J connectivity index is 2.22. The van der Waals surface area contributed by atoms with Crippen LogP contribution in [-0.2, 0) is 0 Å². The van der Waals surface area contributed by atoms with Crippen LogP contribution in [0.3, 0.4) is 0 Å². The standard InChI is InChI=1S/C14H13N/c1-10-4-2-5-11-7-8-12-6-3-9-15-14(12)13(10)11/h2-9,14-15H,1H3. The zero-order valence-electron chi connectivity index (χ0n) is 8.70. The first-order valence-electron chi connectivity index (χ1n) is 5.26. The van der Waals surface area contributed by atoms with Gasteiger partial charge in [0, 0.05) is 0 Å². The number of allylic oxidation sites excluding steroid dienone is 2. The van der Waals surface area contributed by atoms with Crippen molar-refractivity contribution >= 4 is 6.08 Å². The maximum Gasteiger partial charge on any atom is 0.0770 e. The van der Waals surface area contributed by atoms with E-state index in [1.165, 1.54) is 22.3 Å². The van der Waals surface area contributed by atoms with Crippen LogP contribution in [0.5, 0.6) is 0 Å². The number of fused-ring (bicyclic) bond motifs is 3. The Morgan fingerprint density at radius 3 is 3.07 bits per heavy atom. The molecular weight excluding hydrogens is 182 g/mol. The molecule has 0 radical (unpaired) electrons. The van der Waals surface area contributed by atoms with Crippen LogP contribution in [0.25, 0.3) is 6.08 Å². The SMILES string of the molecule is Cc1cccc2c1C1NC=CC=C1C=C2. The van der Waals surface area contributed by atoms with E-state index in [1.807, 2.05) is 6.20 Å². The third-order valence-electron chi connectivity index (χ3n) is 3.08. The second-order valence-electron chi connectivity index (χ2n) is 4.04. The van der Waals surface area contributed by atoms with Crippen molar-refractivity contribution in [3.05, 3.63) is 64.9 Å². The Hall–Kier alpha value is -1.76. The van der Waals surface area contributed by atoms with Crippen molar-refractivity contribution in [1.29, 1.82) is 0 Å². The molecular formula is C14H13N. The highest BCUT2D eigenvalue weighted by atomic mass is 14.9. The molecule has 3 rings (SSSR count). The highest BCUT2D eigenvalue weighted by Crippen LogP contribution is 2.35. The van der Waals surface area contributed by atoms with E-state index in [9.17, 15) is 0 Å². The van der Waals surface area contributed by atoms with Gasteiger partial charge in [0.25, 0.3) is 0 Å². The van der Waals surface area contributed by atoms with Gasteiger partial charge >= 0.3 is 0 Å². The maximum atomic E-state index is 3.42. The topological polar surface area (TPSA) is 12.0 Å². The summed E-state index contributed by atoms with van der Waals surface area (Å²) in [6.07, 6.45) is 10.6. The second kappa shape index (κ2) is 3.13. The monoisotopic (exact) mass is 195 g/mol. The molecule has 15 heavy (non-hydrogen) atoms. The van der Waals surface area contributed by atoms with Gasteiger partial charge in [-0.15, -0.1) is 0 Å². The summed E-state index contributed by atoms with van der Waals surface area (Å²) in [5, 5.41) is 3.42. The van der Waals surface area contributed by atoms with Gasteiger partial charge in [0.1, 0.15) is 0 Å². The van der Waals surface area contributed by atoms with Crippen molar-refractivity contribution in [1.82, 2.24) is 5.32 Å². The molecule has 1 N–H and O–H groups in total. The Labute approximate surface area is 89.8 Å². The van der Waals surface area contributed by atoms with Crippen LogP contribution in [0.1, 0.15) is 22.7 Å². The van der Waals surface area contributed by atoms with Gasteiger partial charge in [-0.3, -0.25) is 0 Å². The molecule has 0 aromatic heterocycles. The minimum absolute atomic E-state index is 0.344. The van der Waals surface area contributed by atoms with Crippen LogP contribution >= 0.6 is 0 Å². The average Bonchev–Trinajstić information content (AvgIpc) is 2.29. The molecule has 0 bridgehead atoms. The molecule has 1 heterocycles. The smallest absolute Gasteiger partial charge is 0.0770 e. The molecule has 0 amide bonds. The molecule has 1 unspecified atom stereocenters. The lowest BCUT2D eigenvalue weighted by atomic mass is 9.85. The summed E-state index contributed by atoms with van der Waals surface area (Å²) in [6.45, 7) is 2.18. The fourth-order valence-electron chi connectivity index (χ4n) is 2.33. The average molecular weight is 195 g/mol. The lowest BCUT2D eigenvalue weighted by Gasteiger charge is -2.28. The van der Waals surface area contributed by atoms with Gasteiger partial charge in [0.05, 0.1) is 6.04 Å². The molecule has 0 saturated carbocycles. The van der Waals surface area contributed by atoms with Crippen molar-refractivity contribution in [2.45, 2.75) is 13.0 Å². The van der Waals surface area contributed by atoms with Crippen LogP contribution in [0.15, 0.2) is 48.2 Å². The highest BCUT2D eigenvalue weighted by molar-refractivity contribution is 5.66. The number of rotatable bonds is 0. The number of dihydropyridines is 1. The molecule has 0 saturated heterocycles. The molecule has 74 valence electrons. The van der Waals surface area contributed by atoms with Crippen LogP contribution < -0.4 is 5.32 Å². The van der Waals surface area contributed by atoms with E-state index in [1.54, 1.807) is 0 Å². The normalized spacial score (nSPS) is 21.4. The first kappa shape index (κ1) is 8.54. The molecule has 1 aliphatic heterocycles. The van der Waals surface area contributed by atoms with E-state index in [2.05, 4.69) is 54.7 Å². The molecule has 1 nitrogen and oxygen atoms in total. The zero-order chi connectivity index (χ0) is 10.3. The van der Waals surface area contributed by atoms with E-state index in [-0.39, 0.29) is 0 Å². The lowest BCUT2D eigenvalue weighted by Crippen LogP contribution is -2.22. The van der Waals surface area contributed by atoms with Gasteiger partial charge in [0.2, 0.25) is 0 Å². The first-order valence-corrected chi connectivity index (χ1v) is 5.26. The van der Waals surface area contributed by atoms with Gasteiger partial charge in [-0.25, -0.2) is 0 Å². The summed E-state index contributed by atoms with van der Waals surface area (Å²) in [5.41, 5.74) is 5.45. The van der Waals surface area contributed by atoms with E-state index in [0.29, 0.717) is 6.04 Å². The van der Waals surface area contributed by atoms with Crippen LogP contribution in [0, 0.1) is 6.92 Å². The number of hydrogen-bond donors (Lipinski definition) is 1. The molecule has 1 aliphatic carbocycles. The second-order valence-corrected chi connectivity index (χ2v) is 4.04. The van der Waals surface area contributed by atoms with Crippen LogP contribution in [0.4, 0.5) is 0 Å². The molecule has 1 heteroatoms. The van der Waals surface area contributed by atoms with E-state index < -0.39 is 0 Å². The van der Waals surface area contributed by atoms with Gasteiger partial charge in [-0.1, -0.05) is 36.4 Å². The van der Waals surface area contributed by atoms with Crippen molar-refractivity contribution in [2.75, 3.05) is 0 Å². The third kappa shape index (κ3) is 1.23. The number of nitrogens with one attached hydrogen (secondary N) is 1. The van der Waals surface area contributed by atoms with E-state index in [0.717, 1.165) is 0 Å². The molecule has 1 aromatic carbocycles. The van der Waals surface area contributed by atoms with Gasteiger partial charge in [-0.05, 0) is 41.5 Å². The number of hydrogen-bond acceptors (Lipinski definition) is 1. The summed E-state index contributed by atoms with van der Waals surface area (Å²) in [7, 11) is 0. The van der Waals surface area contributed by atoms with Crippen LogP contribution in [-0.4, -0.2) is 0 Å². The predicted molar refractivity (Wildman–Crippen MR) is 63.3 cm³/mol. The Kier molecular flexibility index (Phi) is 1.78. The Bertz CT molecular complexity index is 492. The third-order valence-corrected chi connectivity index (χ3v) is 3.08. The molecule has 1 aromatic rings. The van der Waals surface area contributed by atoms with E-state index in [4.69, 9.17) is 0 Å². The Morgan fingerprint density at radius 1 is 1.20 bits per heavy atom. The molecule has 0 spiro atoms. The maximum absolute atomic E-state index is 3.42. The summed E-state index contributed by atoms with van der Waals surface area (Å²) in [4.78, 5) is 0. The predicted octanol–water partition coefficient (Wildman–Crippen LogP) is 3.11. The lowest BCUT2D eigenvalue weighted by molar-refractivity contribution is 0.708. The minimum Gasteiger partial charge on any atom is -0.380 e. The number of benzene rings is 1. The summed E-state index contributed by atoms with van der Waals surface area (Å²) in [6, 6.07) is 6.81. The van der Waals surface area contributed by atoms with Gasteiger partial charge < -0.3 is 5.32 Å². The fourth-order valence-corrected chi connectivity index (χ4v) is 2.33. The Morgan fingerprint density at radius 2 is 2.13 bits per heavy atom. The van der Waals surface area contributed by atoms with E-state index >= 15 is 0 Å². The zero-order valence-corrected chi connectivity index (χ0v) is 8.70. The van der Waals surface area contributed by atoms with Crippen molar-refractivity contribution in [3.8, 4) is 0 Å². The van der Waals surface area contributed by atoms with Crippen molar-refractivity contribution in [3.63, 3.8) is 0 Å². The summed E-state index contributed by atoms with van der Waals surface area (Å²) < 4.78 is 0. The minimum atomic E-state index is 0.344. The quantitative estimate of drug-likeness (QED) is 0.670. The fraction of sp³-hybridized carbons (Fsp3) is 0.143. The van der Waals surface area contributed by atoms with Gasteiger partial charge in [-0.2, -0.15) is 0 Å². The molecule has 2 aliphatic rings. The molecule has 1 atom stereocenters.